The molecule has 43 heavy (non-hydrogen) atoms. The Morgan fingerprint density at radius 2 is 1.33 bits per heavy atom. The maximum Gasteiger partial charge on any atom is 0.334 e. The van der Waals surface area contributed by atoms with E-state index in [-0.39, 0.29) is 18.1 Å². The predicted octanol–water partition coefficient (Wildman–Crippen LogP) is 6.72. The smallest absolute Gasteiger partial charge is 0.334 e. The Morgan fingerprint density at radius 3 is 1.84 bits per heavy atom. The number of rotatable bonds is 10. The second-order valence-corrected chi connectivity index (χ2v) is 11.0. The van der Waals surface area contributed by atoms with Gasteiger partial charge in [-0.2, -0.15) is 0 Å². The highest BCUT2D eigenvalue weighted by Gasteiger charge is 2.42. The molecule has 1 fully saturated rings. The highest BCUT2D eigenvalue weighted by atomic mass is 16.6. The second kappa shape index (κ2) is 14.1. The molecule has 0 saturated heterocycles. The van der Waals surface area contributed by atoms with Gasteiger partial charge < -0.3 is 9.47 Å². The largest absolute Gasteiger partial charge is 0.462 e. The standard InChI is InChI=1S/C35H38N4O4/c1-26(25-32(40)43-31-23-15-4-3-5-16-24-31)34(41)42-27(2)33-36-37-38-39(33)35(28-17-9-6-10-18-28,29-19-11-7-12-20-29)30-21-13-8-14-22-30/h6-14,17-22,27,31H,1,3-5,15-16,23-25H2,2H3. The molecular weight excluding hydrogens is 540 g/mol. The molecule has 0 N–H and O–H groups in total. The summed E-state index contributed by atoms with van der Waals surface area (Å²) in [6.07, 6.45) is 6.16. The number of carbonyl (C=O) groups excluding carboxylic acids is 2. The molecule has 0 bridgehead atoms. The molecule has 1 aliphatic rings. The zero-order valence-corrected chi connectivity index (χ0v) is 24.6. The molecule has 8 nitrogen and oxygen atoms in total. The van der Waals surface area contributed by atoms with E-state index in [1.165, 1.54) is 6.42 Å². The Morgan fingerprint density at radius 1 is 0.837 bits per heavy atom. The SMILES string of the molecule is C=C(CC(=O)OC1CCCCCCC1)C(=O)OC(C)c1nnnn1C(c1ccccc1)(c1ccccc1)c1ccccc1. The third-order valence-corrected chi connectivity index (χ3v) is 8.03. The number of esters is 2. The zero-order valence-electron chi connectivity index (χ0n) is 24.6. The van der Waals surface area contributed by atoms with Crippen molar-refractivity contribution in [1.82, 2.24) is 20.2 Å². The van der Waals surface area contributed by atoms with Crippen LogP contribution in [0.4, 0.5) is 0 Å². The number of aromatic nitrogens is 4. The van der Waals surface area contributed by atoms with E-state index in [1.54, 1.807) is 11.6 Å². The van der Waals surface area contributed by atoms with E-state index in [1.807, 2.05) is 91.0 Å². The van der Waals surface area contributed by atoms with Crippen molar-refractivity contribution in [2.75, 3.05) is 0 Å². The molecule has 1 aliphatic carbocycles. The van der Waals surface area contributed by atoms with Crippen LogP contribution in [0.2, 0.25) is 0 Å². The number of nitrogens with zero attached hydrogens (tertiary/aromatic N) is 4. The van der Waals surface area contributed by atoms with Gasteiger partial charge in [0.1, 0.15) is 11.6 Å². The van der Waals surface area contributed by atoms with Gasteiger partial charge in [-0.25, -0.2) is 9.48 Å². The molecule has 3 aromatic carbocycles. The minimum atomic E-state index is -0.971. The summed E-state index contributed by atoms with van der Waals surface area (Å²) in [4.78, 5) is 25.8. The van der Waals surface area contributed by atoms with Gasteiger partial charge in [-0.05, 0) is 59.7 Å². The van der Waals surface area contributed by atoms with Gasteiger partial charge in [0.15, 0.2) is 11.9 Å². The fourth-order valence-corrected chi connectivity index (χ4v) is 5.90. The fraction of sp³-hybridized carbons (Fsp3) is 0.343. The molecule has 8 heteroatoms. The lowest BCUT2D eigenvalue weighted by Gasteiger charge is -2.36. The van der Waals surface area contributed by atoms with Crippen LogP contribution in [0.25, 0.3) is 0 Å². The predicted molar refractivity (Wildman–Crippen MR) is 163 cm³/mol. The molecule has 1 heterocycles. The summed E-state index contributed by atoms with van der Waals surface area (Å²) in [6, 6.07) is 29.9. The topological polar surface area (TPSA) is 96.2 Å². The first-order valence-corrected chi connectivity index (χ1v) is 15.0. The second-order valence-electron chi connectivity index (χ2n) is 11.0. The van der Waals surface area contributed by atoms with E-state index >= 15 is 0 Å². The van der Waals surface area contributed by atoms with E-state index in [2.05, 4.69) is 22.1 Å². The van der Waals surface area contributed by atoms with E-state index < -0.39 is 23.6 Å². The molecule has 222 valence electrons. The first-order chi connectivity index (χ1) is 21.0. The Labute approximate surface area is 252 Å². The Kier molecular flexibility index (Phi) is 9.77. The molecule has 0 aliphatic heterocycles. The van der Waals surface area contributed by atoms with Crippen molar-refractivity contribution in [2.24, 2.45) is 0 Å². The minimum absolute atomic E-state index is 0.0298. The number of hydrogen-bond acceptors (Lipinski definition) is 7. The van der Waals surface area contributed by atoms with Crippen LogP contribution in [0.15, 0.2) is 103 Å². The monoisotopic (exact) mass is 578 g/mol. The Balaban J connectivity index is 1.41. The van der Waals surface area contributed by atoms with Crippen LogP contribution < -0.4 is 0 Å². The van der Waals surface area contributed by atoms with Crippen molar-refractivity contribution in [3.63, 3.8) is 0 Å². The number of hydrogen-bond donors (Lipinski definition) is 0. The van der Waals surface area contributed by atoms with Crippen molar-refractivity contribution in [1.29, 1.82) is 0 Å². The lowest BCUT2D eigenvalue weighted by Crippen LogP contribution is -2.40. The number of benzene rings is 3. The summed E-state index contributed by atoms with van der Waals surface area (Å²) in [5.74, 6) is -0.808. The molecule has 0 spiro atoms. The van der Waals surface area contributed by atoms with Crippen LogP contribution in [0.1, 0.15) is 86.9 Å². The number of carbonyl (C=O) groups is 2. The average Bonchev–Trinajstić information content (AvgIpc) is 3.51. The van der Waals surface area contributed by atoms with Gasteiger partial charge in [0.05, 0.1) is 6.42 Å². The van der Waals surface area contributed by atoms with Gasteiger partial charge >= 0.3 is 11.9 Å². The van der Waals surface area contributed by atoms with Crippen molar-refractivity contribution in [2.45, 2.75) is 76.0 Å². The quantitative estimate of drug-likeness (QED) is 0.117. The maximum atomic E-state index is 13.1. The van der Waals surface area contributed by atoms with Crippen LogP contribution in [-0.4, -0.2) is 38.2 Å². The van der Waals surface area contributed by atoms with Gasteiger partial charge in [0.25, 0.3) is 0 Å². The highest BCUT2D eigenvalue weighted by Crippen LogP contribution is 2.41. The molecule has 1 saturated carbocycles. The summed E-state index contributed by atoms with van der Waals surface area (Å²) in [7, 11) is 0. The normalized spacial score (nSPS) is 15.1. The molecular formula is C35H38N4O4. The van der Waals surface area contributed by atoms with Gasteiger partial charge in [-0.1, -0.05) is 117 Å². The fourth-order valence-electron chi connectivity index (χ4n) is 5.90. The van der Waals surface area contributed by atoms with E-state index in [9.17, 15) is 9.59 Å². The zero-order chi connectivity index (χ0) is 30.1. The summed E-state index contributed by atoms with van der Waals surface area (Å²) < 4.78 is 13.2. The van der Waals surface area contributed by atoms with Crippen LogP contribution in [-0.2, 0) is 24.6 Å². The molecule has 5 rings (SSSR count). The molecule has 0 amide bonds. The highest BCUT2D eigenvalue weighted by molar-refractivity contribution is 5.93. The molecule has 1 unspecified atom stereocenters. The van der Waals surface area contributed by atoms with Crippen molar-refractivity contribution >= 4 is 11.9 Å². The van der Waals surface area contributed by atoms with Crippen LogP contribution in [0.5, 0.6) is 0 Å². The molecule has 4 aromatic rings. The first-order valence-electron chi connectivity index (χ1n) is 15.0. The summed E-state index contributed by atoms with van der Waals surface area (Å²) in [5, 5.41) is 12.9. The first kappa shape index (κ1) is 29.9. The van der Waals surface area contributed by atoms with Crippen molar-refractivity contribution in [3.05, 3.63) is 126 Å². The average molecular weight is 579 g/mol. The van der Waals surface area contributed by atoms with Crippen molar-refractivity contribution in [3.8, 4) is 0 Å². The van der Waals surface area contributed by atoms with E-state index in [4.69, 9.17) is 9.47 Å². The lowest BCUT2D eigenvalue weighted by molar-refractivity contribution is -0.152. The van der Waals surface area contributed by atoms with Gasteiger partial charge in [0.2, 0.25) is 0 Å². The summed E-state index contributed by atoms with van der Waals surface area (Å²) >= 11 is 0. The minimum Gasteiger partial charge on any atom is -0.462 e. The van der Waals surface area contributed by atoms with Crippen LogP contribution >= 0.6 is 0 Å². The van der Waals surface area contributed by atoms with E-state index in [0.29, 0.717) is 5.82 Å². The molecule has 0 radical (unpaired) electrons. The van der Waals surface area contributed by atoms with Crippen LogP contribution in [0.3, 0.4) is 0 Å². The van der Waals surface area contributed by atoms with Gasteiger partial charge in [-0.3, -0.25) is 4.79 Å². The lowest BCUT2D eigenvalue weighted by atomic mass is 9.77. The van der Waals surface area contributed by atoms with Gasteiger partial charge in [-0.15, -0.1) is 5.10 Å². The van der Waals surface area contributed by atoms with Gasteiger partial charge in [0, 0.05) is 5.57 Å². The molecule has 1 atom stereocenters. The van der Waals surface area contributed by atoms with Crippen LogP contribution in [0, 0.1) is 0 Å². The van der Waals surface area contributed by atoms with E-state index in [0.717, 1.165) is 55.2 Å². The third-order valence-electron chi connectivity index (χ3n) is 8.03. The summed E-state index contributed by atoms with van der Waals surface area (Å²) in [5.41, 5.74) is 1.85. The van der Waals surface area contributed by atoms with Crippen molar-refractivity contribution < 1.29 is 19.1 Å². The maximum absolute atomic E-state index is 13.1. The summed E-state index contributed by atoms with van der Waals surface area (Å²) in [6.45, 7) is 5.55. The Hall–Kier alpha value is -4.59. The molecule has 1 aromatic heterocycles. The number of ether oxygens (including phenoxy) is 2. The number of tetrazole rings is 1. The third kappa shape index (κ3) is 6.74. The Bertz CT molecular complexity index is 1400.